The number of nitrogens with zero attached hydrogens (tertiary/aromatic N) is 1. The minimum atomic E-state index is 0.719. The zero-order valence-electron chi connectivity index (χ0n) is 13.0. The van der Waals surface area contributed by atoms with Gasteiger partial charge < -0.3 is 9.30 Å². The summed E-state index contributed by atoms with van der Waals surface area (Å²) >= 11 is 5.91. The number of hydrogen-bond donors (Lipinski definition) is 0. The molecule has 0 bridgehead atoms. The Balaban J connectivity index is 1.55. The van der Waals surface area contributed by atoms with Gasteiger partial charge in [-0.25, -0.2) is 0 Å². The van der Waals surface area contributed by atoms with E-state index in [4.69, 9.17) is 16.3 Å². The molecule has 0 aliphatic heterocycles. The second-order valence-corrected chi connectivity index (χ2v) is 6.83. The molecule has 0 amide bonds. The summed E-state index contributed by atoms with van der Waals surface area (Å²) in [7, 11) is 0. The SMILES string of the molecule is Clc1ccc(Oc2ccc3c(ccn3CC3CCCC3)c2)cc1. The molecule has 2 aromatic carbocycles. The second kappa shape index (κ2) is 6.29. The predicted octanol–water partition coefficient (Wildman–Crippen LogP) is 6.28. The van der Waals surface area contributed by atoms with E-state index in [0.29, 0.717) is 0 Å². The van der Waals surface area contributed by atoms with E-state index in [1.807, 2.05) is 30.3 Å². The lowest BCUT2D eigenvalue weighted by Crippen LogP contribution is -2.05. The Kier molecular flexibility index (Phi) is 4.00. The number of ether oxygens (including phenoxy) is 1. The van der Waals surface area contributed by atoms with Crippen LogP contribution in [0, 0.1) is 5.92 Å². The number of fused-ring (bicyclic) bond motifs is 1. The zero-order chi connectivity index (χ0) is 15.6. The second-order valence-electron chi connectivity index (χ2n) is 6.40. The molecule has 0 unspecified atom stereocenters. The highest BCUT2D eigenvalue weighted by Gasteiger charge is 2.16. The fourth-order valence-corrected chi connectivity index (χ4v) is 3.64. The molecule has 4 rings (SSSR count). The van der Waals surface area contributed by atoms with Crippen LogP contribution in [0.15, 0.2) is 54.7 Å². The van der Waals surface area contributed by atoms with Gasteiger partial charge in [-0.3, -0.25) is 0 Å². The molecule has 118 valence electrons. The smallest absolute Gasteiger partial charge is 0.128 e. The van der Waals surface area contributed by atoms with E-state index < -0.39 is 0 Å². The lowest BCUT2D eigenvalue weighted by atomic mass is 10.1. The largest absolute Gasteiger partial charge is 0.457 e. The topological polar surface area (TPSA) is 14.2 Å². The van der Waals surface area contributed by atoms with E-state index >= 15 is 0 Å². The fraction of sp³-hybridized carbons (Fsp3) is 0.300. The minimum absolute atomic E-state index is 0.719. The maximum Gasteiger partial charge on any atom is 0.128 e. The van der Waals surface area contributed by atoms with Crippen LogP contribution in [-0.4, -0.2) is 4.57 Å². The number of halogens is 1. The molecule has 1 heterocycles. The summed E-state index contributed by atoms with van der Waals surface area (Å²) in [6.45, 7) is 1.14. The van der Waals surface area contributed by atoms with E-state index in [1.165, 1.54) is 36.6 Å². The van der Waals surface area contributed by atoms with Gasteiger partial charge in [0.15, 0.2) is 0 Å². The van der Waals surface area contributed by atoms with Crippen molar-refractivity contribution in [2.75, 3.05) is 0 Å². The fourth-order valence-electron chi connectivity index (χ4n) is 3.51. The van der Waals surface area contributed by atoms with Crippen LogP contribution < -0.4 is 4.74 Å². The molecule has 0 radical (unpaired) electrons. The molecule has 1 aliphatic carbocycles. The molecule has 3 aromatic rings. The quantitative estimate of drug-likeness (QED) is 0.550. The van der Waals surface area contributed by atoms with Gasteiger partial charge in [0.2, 0.25) is 0 Å². The van der Waals surface area contributed by atoms with E-state index in [0.717, 1.165) is 29.0 Å². The third kappa shape index (κ3) is 3.23. The zero-order valence-corrected chi connectivity index (χ0v) is 13.8. The molecule has 0 saturated heterocycles. The standard InChI is InChI=1S/C20H20ClNO/c21-17-5-7-18(8-6-17)23-19-9-10-20-16(13-19)11-12-22(20)14-15-3-1-2-4-15/h5-13,15H,1-4,14H2. The number of benzene rings is 2. The first kappa shape index (κ1) is 14.6. The van der Waals surface area contributed by atoms with Gasteiger partial charge in [0.1, 0.15) is 11.5 Å². The van der Waals surface area contributed by atoms with E-state index in [9.17, 15) is 0 Å². The van der Waals surface area contributed by atoms with Crippen LogP contribution in [0.1, 0.15) is 25.7 Å². The number of rotatable bonds is 4. The molecule has 0 N–H and O–H groups in total. The van der Waals surface area contributed by atoms with E-state index in [-0.39, 0.29) is 0 Å². The van der Waals surface area contributed by atoms with Crippen LogP contribution in [-0.2, 0) is 6.54 Å². The number of hydrogen-bond acceptors (Lipinski definition) is 1. The molecule has 2 nitrogen and oxygen atoms in total. The van der Waals surface area contributed by atoms with Crippen LogP contribution in [0.5, 0.6) is 11.5 Å². The molecule has 23 heavy (non-hydrogen) atoms. The summed E-state index contributed by atoms with van der Waals surface area (Å²) in [5.41, 5.74) is 1.29. The molecule has 1 saturated carbocycles. The maximum atomic E-state index is 5.92. The molecular weight excluding hydrogens is 306 g/mol. The molecule has 1 fully saturated rings. The molecule has 1 aromatic heterocycles. The summed E-state index contributed by atoms with van der Waals surface area (Å²) < 4.78 is 8.30. The van der Waals surface area contributed by atoms with Crippen molar-refractivity contribution in [1.82, 2.24) is 4.57 Å². The molecule has 3 heteroatoms. The van der Waals surface area contributed by atoms with Gasteiger partial charge in [0.05, 0.1) is 0 Å². The van der Waals surface area contributed by atoms with Crippen LogP contribution in [0.25, 0.3) is 10.9 Å². The van der Waals surface area contributed by atoms with Crippen molar-refractivity contribution in [2.24, 2.45) is 5.92 Å². The number of aromatic nitrogens is 1. The third-order valence-electron chi connectivity index (χ3n) is 4.72. The highest BCUT2D eigenvalue weighted by atomic mass is 35.5. The first-order valence-corrected chi connectivity index (χ1v) is 8.68. The summed E-state index contributed by atoms with van der Waals surface area (Å²) in [6, 6.07) is 15.9. The van der Waals surface area contributed by atoms with Gasteiger partial charge >= 0.3 is 0 Å². The summed E-state index contributed by atoms with van der Waals surface area (Å²) in [5.74, 6) is 2.51. The van der Waals surface area contributed by atoms with Crippen molar-refractivity contribution in [3.8, 4) is 11.5 Å². The first-order valence-electron chi connectivity index (χ1n) is 8.30. The lowest BCUT2D eigenvalue weighted by Gasteiger charge is -2.12. The lowest BCUT2D eigenvalue weighted by molar-refractivity contribution is 0.465. The van der Waals surface area contributed by atoms with Gasteiger partial charge in [-0.05, 0) is 67.3 Å². The van der Waals surface area contributed by atoms with Gasteiger partial charge in [-0.2, -0.15) is 0 Å². The maximum absolute atomic E-state index is 5.92. The Hall–Kier alpha value is -1.93. The Labute approximate surface area is 141 Å². The highest BCUT2D eigenvalue weighted by molar-refractivity contribution is 6.30. The van der Waals surface area contributed by atoms with Crippen LogP contribution >= 0.6 is 11.6 Å². The Morgan fingerprint density at radius 1 is 0.957 bits per heavy atom. The third-order valence-corrected chi connectivity index (χ3v) is 4.97. The van der Waals surface area contributed by atoms with Crippen molar-refractivity contribution >= 4 is 22.5 Å². The van der Waals surface area contributed by atoms with Crippen molar-refractivity contribution in [3.05, 3.63) is 59.8 Å². The van der Waals surface area contributed by atoms with Crippen LogP contribution in [0.3, 0.4) is 0 Å². The Morgan fingerprint density at radius 3 is 2.48 bits per heavy atom. The van der Waals surface area contributed by atoms with Crippen LogP contribution in [0.4, 0.5) is 0 Å². The molecule has 1 aliphatic rings. The van der Waals surface area contributed by atoms with E-state index in [2.05, 4.69) is 29.0 Å². The van der Waals surface area contributed by atoms with Crippen molar-refractivity contribution < 1.29 is 4.74 Å². The molecule has 0 spiro atoms. The summed E-state index contributed by atoms with van der Waals surface area (Å²) in [4.78, 5) is 0. The Bertz CT molecular complexity index is 800. The van der Waals surface area contributed by atoms with Crippen LogP contribution in [0.2, 0.25) is 5.02 Å². The monoisotopic (exact) mass is 325 g/mol. The first-order chi connectivity index (χ1) is 11.3. The van der Waals surface area contributed by atoms with Crippen molar-refractivity contribution in [1.29, 1.82) is 0 Å². The predicted molar refractivity (Wildman–Crippen MR) is 95.4 cm³/mol. The highest BCUT2D eigenvalue weighted by Crippen LogP contribution is 2.30. The normalized spacial score (nSPS) is 15.3. The minimum Gasteiger partial charge on any atom is -0.457 e. The van der Waals surface area contributed by atoms with Crippen molar-refractivity contribution in [3.63, 3.8) is 0 Å². The molecular formula is C20H20ClNO. The summed E-state index contributed by atoms with van der Waals surface area (Å²) in [5, 5.41) is 1.95. The van der Waals surface area contributed by atoms with Gasteiger partial charge in [0, 0.05) is 28.7 Å². The Morgan fingerprint density at radius 2 is 1.70 bits per heavy atom. The van der Waals surface area contributed by atoms with E-state index in [1.54, 1.807) is 0 Å². The summed E-state index contributed by atoms with van der Waals surface area (Å²) in [6.07, 6.45) is 7.73. The molecule has 0 atom stereocenters. The van der Waals surface area contributed by atoms with Gasteiger partial charge in [-0.1, -0.05) is 24.4 Å². The van der Waals surface area contributed by atoms with Gasteiger partial charge in [0.25, 0.3) is 0 Å². The van der Waals surface area contributed by atoms with Gasteiger partial charge in [-0.15, -0.1) is 0 Å². The average Bonchev–Trinajstić information content (AvgIpc) is 3.20. The average molecular weight is 326 g/mol. The van der Waals surface area contributed by atoms with Crippen molar-refractivity contribution in [2.45, 2.75) is 32.2 Å².